The molecule has 1 atom stereocenters. The topological polar surface area (TPSA) is 66.8 Å². The van der Waals surface area contributed by atoms with E-state index in [1.807, 2.05) is 0 Å². The molecule has 1 amide bonds. The molecule has 1 N–H and O–H groups in total. The van der Waals surface area contributed by atoms with Crippen molar-refractivity contribution in [2.75, 3.05) is 49.6 Å². The van der Waals surface area contributed by atoms with E-state index in [0.29, 0.717) is 47.3 Å². The number of halogens is 4. The van der Waals surface area contributed by atoms with Gasteiger partial charge < -0.3 is 4.74 Å². The zero-order valence-electron chi connectivity index (χ0n) is 24.4. The molecule has 43 heavy (non-hydrogen) atoms. The van der Waals surface area contributed by atoms with E-state index >= 15 is 4.39 Å². The Morgan fingerprint density at radius 3 is 2.49 bits per heavy atom. The monoisotopic (exact) mass is 662 g/mol. The Bertz CT molecular complexity index is 1550. The van der Waals surface area contributed by atoms with Gasteiger partial charge in [0.15, 0.2) is 0 Å². The second-order valence-corrected chi connectivity index (χ2v) is 16.9. The molecule has 3 aromatic rings. The number of nitrogens with one attached hydrogen (secondary N) is 1. The molecule has 0 aliphatic carbocycles. The summed E-state index contributed by atoms with van der Waals surface area (Å²) in [6.07, 6.45) is -3.01. The number of pyridine rings is 1. The minimum atomic E-state index is -4.90. The van der Waals surface area contributed by atoms with Crippen LogP contribution in [0.25, 0.3) is 11.1 Å². The number of anilines is 2. The predicted octanol–water partition coefficient (Wildman–Crippen LogP) is 5.63. The maximum atomic E-state index is 15.2. The number of benzene rings is 2. The van der Waals surface area contributed by atoms with Crippen LogP contribution in [0.3, 0.4) is 0 Å². The van der Waals surface area contributed by atoms with Crippen molar-refractivity contribution in [3.8, 4) is 11.1 Å². The Hall–Kier alpha value is -3.14. The van der Waals surface area contributed by atoms with Gasteiger partial charge in [0.2, 0.25) is 0 Å². The number of aryl methyl sites for hydroxylation is 1. The first-order valence-electron chi connectivity index (χ1n) is 14.1. The molecule has 2 aliphatic heterocycles. The van der Waals surface area contributed by atoms with Crippen LogP contribution in [-0.4, -0.2) is 69.4 Å². The Balaban J connectivity index is 1.53. The maximum absolute atomic E-state index is 15.2. The molecule has 1 aromatic heterocycles. The molecule has 7 nitrogen and oxygen atoms in total. The third-order valence-electron chi connectivity index (χ3n) is 8.11. The summed E-state index contributed by atoms with van der Waals surface area (Å²) >= 11 is -1.02. The van der Waals surface area contributed by atoms with Gasteiger partial charge in [-0.15, -0.1) is 0 Å². The van der Waals surface area contributed by atoms with Crippen LogP contribution >= 0.6 is 0 Å². The Morgan fingerprint density at radius 1 is 1.07 bits per heavy atom. The standard InChI is InChI=1S/C31H35AsF4N4O3/c1-32(2)22-8-9-40(18-22)28-7-5-21(23-14-20(4-6-26(23)33)17-39-10-12-43-13-11-39)15-27(28)37-30(42)24-19-38(3)29(41)16-25(24)31(34,35)36/h4-7,14-16,19,22H,8-13,17-18H2,1-3H3,(H,37,42). The van der Waals surface area contributed by atoms with E-state index in [-0.39, 0.29) is 5.69 Å². The summed E-state index contributed by atoms with van der Waals surface area (Å²) in [6, 6.07) is 10.6. The number of aromatic nitrogens is 1. The van der Waals surface area contributed by atoms with Crippen molar-refractivity contribution in [3.63, 3.8) is 0 Å². The van der Waals surface area contributed by atoms with Crippen LogP contribution in [0.1, 0.15) is 27.9 Å². The molecule has 12 heteroatoms. The molecule has 0 radical (unpaired) electrons. The first kappa shape index (κ1) is 31.3. The number of amides is 1. The van der Waals surface area contributed by atoms with Gasteiger partial charge in [0, 0.05) is 13.1 Å². The number of hydrogen-bond acceptors (Lipinski definition) is 5. The molecular weight excluding hydrogens is 627 g/mol. The Kier molecular flexibility index (Phi) is 9.34. The molecule has 0 saturated carbocycles. The second kappa shape index (κ2) is 12.8. The van der Waals surface area contributed by atoms with Crippen molar-refractivity contribution in [1.82, 2.24) is 9.47 Å². The normalized spacial score (nSPS) is 18.0. The number of ether oxygens (including phenoxy) is 1. The first-order chi connectivity index (χ1) is 20.4. The fourth-order valence-electron chi connectivity index (χ4n) is 5.61. The van der Waals surface area contributed by atoms with Gasteiger partial charge in [-0.3, -0.25) is 0 Å². The van der Waals surface area contributed by atoms with Crippen molar-refractivity contribution in [3.05, 3.63) is 81.5 Å². The number of carbonyl (C=O) groups is 1. The van der Waals surface area contributed by atoms with Crippen molar-refractivity contribution in [2.24, 2.45) is 7.05 Å². The summed E-state index contributed by atoms with van der Waals surface area (Å²) in [5, 5.41) is 2.69. The van der Waals surface area contributed by atoms with Gasteiger partial charge in [-0.05, 0) is 0 Å². The predicted molar refractivity (Wildman–Crippen MR) is 161 cm³/mol. The van der Waals surface area contributed by atoms with Gasteiger partial charge in [0.25, 0.3) is 0 Å². The summed E-state index contributed by atoms with van der Waals surface area (Å²) in [7, 11) is 1.29. The van der Waals surface area contributed by atoms with Crippen LogP contribution in [0.15, 0.2) is 53.5 Å². The quantitative estimate of drug-likeness (QED) is 0.263. The molecule has 2 aliphatic rings. The van der Waals surface area contributed by atoms with E-state index in [9.17, 15) is 22.8 Å². The van der Waals surface area contributed by atoms with Crippen molar-refractivity contribution in [2.45, 2.75) is 35.3 Å². The second-order valence-electron chi connectivity index (χ2n) is 11.3. The summed E-state index contributed by atoms with van der Waals surface area (Å²) in [5.41, 5.74) is 4.42. The van der Waals surface area contributed by atoms with Crippen molar-refractivity contribution in [1.29, 1.82) is 0 Å². The van der Waals surface area contributed by atoms with Crippen molar-refractivity contribution >= 4 is 31.9 Å². The first-order valence-corrected chi connectivity index (χ1v) is 19.0. The van der Waals surface area contributed by atoms with Crippen molar-refractivity contribution < 1.29 is 27.1 Å². The average molecular weight is 663 g/mol. The zero-order chi connectivity index (χ0) is 30.9. The molecular formula is C31H35AsF4N4O3. The molecule has 230 valence electrons. The molecule has 0 bridgehead atoms. The van der Waals surface area contributed by atoms with Gasteiger partial charge in [-0.1, -0.05) is 0 Å². The number of hydrogen-bond donors (Lipinski definition) is 1. The summed E-state index contributed by atoms with van der Waals surface area (Å²) in [4.78, 5) is 29.8. The number of nitrogens with zero attached hydrogens (tertiary/aromatic N) is 3. The van der Waals surface area contributed by atoms with E-state index in [0.717, 1.165) is 48.9 Å². The molecule has 3 heterocycles. The van der Waals surface area contributed by atoms with E-state index < -0.39 is 49.2 Å². The SMILES string of the molecule is Cn1cc(C(=O)Nc2cc(-c3cc(CN4CCOCC4)ccc3F)ccc2N2CCC([As](C)C)C2)c(C(F)(F)F)cc1=O. The van der Waals surface area contributed by atoms with Gasteiger partial charge in [0.05, 0.1) is 13.2 Å². The number of carbonyl (C=O) groups excluding carboxylic acids is 1. The zero-order valence-corrected chi connectivity index (χ0v) is 26.3. The Labute approximate surface area is 252 Å². The molecule has 2 aromatic carbocycles. The summed E-state index contributed by atoms with van der Waals surface area (Å²) in [5.74, 6) is -1.45. The number of alkyl halides is 3. The van der Waals surface area contributed by atoms with E-state index in [2.05, 4.69) is 26.5 Å². The van der Waals surface area contributed by atoms with Crippen LogP contribution < -0.4 is 15.8 Å². The third-order valence-corrected chi connectivity index (χ3v) is 12.1. The molecule has 2 saturated heterocycles. The van der Waals surface area contributed by atoms with Gasteiger partial charge in [0.1, 0.15) is 0 Å². The molecule has 5 rings (SSSR count). The van der Waals surface area contributed by atoms with Gasteiger partial charge >= 0.3 is 222 Å². The number of rotatable bonds is 7. The van der Waals surface area contributed by atoms with Gasteiger partial charge in [-0.2, -0.15) is 0 Å². The summed E-state index contributed by atoms with van der Waals surface area (Å²) < 4.78 is 63.7. The average Bonchev–Trinajstić information content (AvgIpc) is 3.46. The van der Waals surface area contributed by atoms with E-state index in [1.54, 1.807) is 30.3 Å². The Morgan fingerprint density at radius 2 is 1.81 bits per heavy atom. The fraction of sp³-hybridized carbons (Fsp3) is 0.419. The number of morpholine rings is 1. The fourth-order valence-corrected chi connectivity index (χ4v) is 8.03. The minimum absolute atomic E-state index is 0.286. The third kappa shape index (κ3) is 7.16. The van der Waals surface area contributed by atoms with Crippen LogP contribution in [0.5, 0.6) is 0 Å². The van der Waals surface area contributed by atoms with Crippen LogP contribution in [0.4, 0.5) is 28.9 Å². The van der Waals surface area contributed by atoms with E-state index in [4.69, 9.17) is 4.74 Å². The molecule has 1 unspecified atom stereocenters. The van der Waals surface area contributed by atoms with Gasteiger partial charge in [-0.25, -0.2) is 0 Å². The summed E-state index contributed by atoms with van der Waals surface area (Å²) in [6.45, 7) is 4.99. The molecule has 2 fully saturated rings. The van der Waals surface area contributed by atoms with Crippen LogP contribution in [0.2, 0.25) is 16.1 Å². The molecule has 0 spiro atoms. The van der Waals surface area contributed by atoms with E-state index in [1.165, 1.54) is 13.1 Å². The van der Waals surface area contributed by atoms with Crippen LogP contribution in [0, 0.1) is 5.82 Å². The van der Waals surface area contributed by atoms with Crippen LogP contribution in [-0.2, 0) is 24.5 Å².